The van der Waals surface area contributed by atoms with E-state index in [2.05, 4.69) is 4.90 Å². The van der Waals surface area contributed by atoms with Crippen LogP contribution in [0.4, 0.5) is 0 Å². The highest BCUT2D eigenvalue weighted by molar-refractivity contribution is 5.67. The van der Waals surface area contributed by atoms with E-state index in [4.69, 9.17) is 5.11 Å². The first kappa shape index (κ1) is 12.5. The SMILES string of the molecule is CC(C)(O)CCN1CCCC1CC(=O)O. The Labute approximate surface area is 90.9 Å². The van der Waals surface area contributed by atoms with Crippen LogP contribution in [-0.2, 0) is 4.79 Å². The zero-order chi connectivity index (χ0) is 11.5. The molecule has 0 spiro atoms. The van der Waals surface area contributed by atoms with Crippen molar-refractivity contribution in [1.29, 1.82) is 0 Å². The second-order valence-electron chi connectivity index (χ2n) is 4.99. The van der Waals surface area contributed by atoms with Crippen molar-refractivity contribution in [1.82, 2.24) is 4.90 Å². The van der Waals surface area contributed by atoms with E-state index in [1.807, 2.05) is 0 Å². The van der Waals surface area contributed by atoms with Gasteiger partial charge in [-0.25, -0.2) is 0 Å². The highest BCUT2D eigenvalue weighted by Crippen LogP contribution is 2.21. The van der Waals surface area contributed by atoms with Crippen LogP contribution in [0.1, 0.15) is 39.5 Å². The monoisotopic (exact) mass is 215 g/mol. The second kappa shape index (κ2) is 4.94. The van der Waals surface area contributed by atoms with Crippen molar-refractivity contribution in [2.45, 2.75) is 51.2 Å². The summed E-state index contributed by atoms with van der Waals surface area (Å²) < 4.78 is 0. The summed E-state index contributed by atoms with van der Waals surface area (Å²) in [6.07, 6.45) is 2.97. The van der Waals surface area contributed by atoms with Crippen molar-refractivity contribution in [2.24, 2.45) is 0 Å². The summed E-state index contributed by atoms with van der Waals surface area (Å²) in [5.41, 5.74) is -0.656. The van der Waals surface area contributed by atoms with Gasteiger partial charge >= 0.3 is 5.97 Å². The summed E-state index contributed by atoms with van der Waals surface area (Å²) in [7, 11) is 0. The zero-order valence-electron chi connectivity index (χ0n) is 9.57. The number of likely N-dealkylation sites (tertiary alicyclic amines) is 1. The molecule has 1 unspecified atom stereocenters. The van der Waals surface area contributed by atoms with Crippen molar-refractivity contribution >= 4 is 5.97 Å². The van der Waals surface area contributed by atoms with Crippen LogP contribution < -0.4 is 0 Å². The van der Waals surface area contributed by atoms with Crippen LogP contribution in [0.5, 0.6) is 0 Å². The molecule has 0 aliphatic carbocycles. The molecule has 0 radical (unpaired) electrons. The quantitative estimate of drug-likeness (QED) is 0.720. The summed E-state index contributed by atoms with van der Waals surface area (Å²) in [4.78, 5) is 12.8. The van der Waals surface area contributed by atoms with E-state index in [9.17, 15) is 9.90 Å². The number of rotatable bonds is 5. The molecule has 0 aromatic heterocycles. The van der Waals surface area contributed by atoms with E-state index >= 15 is 0 Å². The molecule has 1 aliphatic rings. The van der Waals surface area contributed by atoms with Crippen molar-refractivity contribution < 1.29 is 15.0 Å². The molecular weight excluding hydrogens is 194 g/mol. The van der Waals surface area contributed by atoms with Crippen molar-refractivity contribution in [3.05, 3.63) is 0 Å². The molecule has 0 aromatic rings. The van der Waals surface area contributed by atoms with Gasteiger partial charge in [-0.3, -0.25) is 9.69 Å². The van der Waals surface area contributed by atoms with Gasteiger partial charge in [0.05, 0.1) is 12.0 Å². The summed E-state index contributed by atoms with van der Waals surface area (Å²) >= 11 is 0. The number of aliphatic hydroxyl groups is 1. The maximum atomic E-state index is 10.6. The molecule has 1 heterocycles. The molecule has 1 rings (SSSR count). The number of hydrogen-bond donors (Lipinski definition) is 2. The third kappa shape index (κ3) is 4.62. The van der Waals surface area contributed by atoms with Gasteiger partial charge in [0.25, 0.3) is 0 Å². The molecule has 1 saturated heterocycles. The minimum absolute atomic E-state index is 0.171. The Morgan fingerprint density at radius 2 is 2.20 bits per heavy atom. The van der Waals surface area contributed by atoms with Crippen LogP contribution in [0, 0.1) is 0 Å². The lowest BCUT2D eigenvalue weighted by atomic mass is 10.0. The lowest BCUT2D eigenvalue weighted by molar-refractivity contribution is -0.138. The molecule has 4 nitrogen and oxygen atoms in total. The minimum atomic E-state index is -0.727. The molecule has 1 atom stereocenters. The van der Waals surface area contributed by atoms with Crippen LogP contribution in [0.25, 0.3) is 0 Å². The van der Waals surface area contributed by atoms with Gasteiger partial charge < -0.3 is 10.2 Å². The minimum Gasteiger partial charge on any atom is -0.481 e. The summed E-state index contributed by atoms with van der Waals surface area (Å²) in [5.74, 6) is -0.727. The third-order valence-corrected chi connectivity index (χ3v) is 2.92. The third-order valence-electron chi connectivity index (χ3n) is 2.92. The van der Waals surface area contributed by atoms with E-state index in [-0.39, 0.29) is 12.5 Å². The summed E-state index contributed by atoms with van der Waals surface area (Å²) in [6.45, 7) is 5.33. The number of carbonyl (C=O) groups is 1. The molecule has 0 saturated carbocycles. The van der Waals surface area contributed by atoms with E-state index in [0.717, 1.165) is 25.9 Å². The first-order valence-corrected chi connectivity index (χ1v) is 5.57. The van der Waals surface area contributed by atoms with Crippen molar-refractivity contribution in [3.8, 4) is 0 Å². The lowest BCUT2D eigenvalue weighted by Crippen LogP contribution is -2.35. The van der Waals surface area contributed by atoms with Crippen LogP contribution >= 0.6 is 0 Å². The molecule has 1 fully saturated rings. The van der Waals surface area contributed by atoms with Gasteiger partial charge in [-0.15, -0.1) is 0 Å². The van der Waals surface area contributed by atoms with Gasteiger partial charge in [0.1, 0.15) is 0 Å². The summed E-state index contributed by atoms with van der Waals surface area (Å²) in [5, 5.41) is 18.3. The summed E-state index contributed by atoms with van der Waals surface area (Å²) in [6, 6.07) is 0.171. The first-order valence-electron chi connectivity index (χ1n) is 5.57. The molecule has 0 aromatic carbocycles. The van der Waals surface area contributed by atoms with Gasteiger partial charge in [-0.2, -0.15) is 0 Å². The Morgan fingerprint density at radius 3 is 2.73 bits per heavy atom. The van der Waals surface area contributed by atoms with Crippen molar-refractivity contribution in [3.63, 3.8) is 0 Å². The van der Waals surface area contributed by atoms with E-state index < -0.39 is 11.6 Å². The Hall–Kier alpha value is -0.610. The van der Waals surface area contributed by atoms with Crippen LogP contribution in [0.3, 0.4) is 0 Å². The van der Waals surface area contributed by atoms with E-state index in [1.165, 1.54) is 0 Å². The number of carboxylic acids is 1. The van der Waals surface area contributed by atoms with Gasteiger partial charge in [-0.05, 0) is 39.7 Å². The second-order valence-corrected chi connectivity index (χ2v) is 4.99. The Bertz CT molecular complexity index is 222. The van der Waals surface area contributed by atoms with Crippen LogP contribution in [0.15, 0.2) is 0 Å². The fourth-order valence-corrected chi connectivity index (χ4v) is 2.04. The number of hydrogen-bond acceptors (Lipinski definition) is 3. The number of aliphatic carboxylic acids is 1. The van der Waals surface area contributed by atoms with Crippen LogP contribution in [0.2, 0.25) is 0 Å². The molecule has 2 N–H and O–H groups in total. The average Bonchev–Trinajstić information content (AvgIpc) is 2.46. The Balaban J connectivity index is 2.36. The van der Waals surface area contributed by atoms with Crippen LogP contribution in [-0.4, -0.2) is 45.8 Å². The molecule has 4 heteroatoms. The predicted octanol–water partition coefficient (Wildman–Crippen LogP) is 1.09. The van der Waals surface area contributed by atoms with Gasteiger partial charge in [0.2, 0.25) is 0 Å². The largest absolute Gasteiger partial charge is 0.481 e. The standard InChI is InChI=1S/C11H21NO3/c1-11(2,15)5-7-12-6-3-4-9(12)8-10(13)14/h9,15H,3-8H2,1-2H3,(H,13,14). The first-order chi connectivity index (χ1) is 6.88. The number of nitrogens with zero attached hydrogens (tertiary/aromatic N) is 1. The molecule has 0 amide bonds. The molecule has 88 valence electrons. The molecule has 15 heavy (non-hydrogen) atoms. The Kier molecular flexibility index (Phi) is 4.11. The Morgan fingerprint density at radius 1 is 1.53 bits per heavy atom. The smallest absolute Gasteiger partial charge is 0.304 e. The number of carboxylic acid groups (broad SMARTS) is 1. The average molecular weight is 215 g/mol. The zero-order valence-corrected chi connectivity index (χ0v) is 9.57. The van der Waals surface area contributed by atoms with Gasteiger partial charge in [-0.1, -0.05) is 0 Å². The van der Waals surface area contributed by atoms with Gasteiger partial charge in [0.15, 0.2) is 0 Å². The topological polar surface area (TPSA) is 60.8 Å². The normalized spacial score (nSPS) is 23.3. The van der Waals surface area contributed by atoms with Gasteiger partial charge in [0, 0.05) is 12.6 Å². The fourth-order valence-electron chi connectivity index (χ4n) is 2.04. The van der Waals surface area contributed by atoms with E-state index in [0.29, 0.717) is 6.42 Å². The van der Waals surface area contributed by atoms with Crippen molar-refractivity contribution in [2.75, 3.05) is 13.1 Å². The lowest BCUT2D eigenvalue weighted by Gasteiger charge is -2.26. The highest BCUT2D eigenvalue weighted by atomic mass is 16.4. The highest BCUT2D eigenvalue weighted by Gasteiger charge is 2.27. The molecule has 1 aliphatic heterocycles. The maximum absolute atomic E-state index is 10.6. The van der Waals surface area contributed by atoms with E-state index in [1.54, 1.807) is 13.8 Å². The molecular formula is C11H21NO3. The molecule has 0 bridgehead atoms. The predicted molar refractivity (Wildman–Crippen MR) is 57.8 cm³/mol. The fraction of sp³-hybridized carbons (Fsp3) is 0.909. The maximum Gasteiger partial charge on any atom is 0.304 e.